The largest absolute Gasteiger partial charge is 0.355 e. The van der Waals surface area contributed by atoms with Gasteiger partial charge in [-0.15, -0.1) is 0 Å². The van der Waals surface area contributed by atoms with Gasteiger partial charge in [-0.25, -0.2) is 4.39 Å². The molecule has 0 radical (unpaired) electrons. The van der Waals surface area contributed by atoms with Crippen molar-refractivity contribution in [2.75, 3.05) is 13.1 Å². The zero-order chi connectivity index (χ0) is 13.5. The van der Waals surface area contributed by atoms with Crippen LogP contribution in [-0.4, -0.2) is 19.0 Å². The summed E-state index contributed by atoms with van der Waals surface area (Å²) in [6, 6.07) is 4.18. The van der Waals surface area contributed by atoms with Gasteiger partial charge in [-0.3, -0.25) is 4.79 Å². The van der Waals surface area contributed by atoms with E-state index in [0.717, 1.165) is 0 Å². The molecular weight excluding hydrogens is 255 g/mol. The number of rotatable bonds is 6. The Balaban J connectivity index is 2.33. The summed E-state index contributed by atoms with van der Waals surface area (Å²) < 4.78 is 13.0. The lowest BCUT2D eigenvalue weighted by molar-refractivity contribution is -0.120. The highest BCUT2D eigenvalue weighted by molar-refractivity contribution is 6.31. The molecule has 1 rings (SSSR count). The van der Waals surface area contributed by atoms with Crippen LogP contribution in [0.1, 0.15) is 19.4 Å². The number of carbonyl (C=O) groups is 1. The van der Waals surface area contributed by atoms with E-state index in [9.17, 15) is 9.18 Å². The molecule has 0 spiro atoms. The molecule has 0 aliphatic rings. The molecule has 100 valence electrons. The molecule has 5 heteroatoms. The van der Waals surface area contributed by atoms with Crippen LogP contribution < -0.4 is 10.6 Å². The Bertz CT molecular complexity index is 410. The summed E-state index contributed by atoms with van der Waals surface area (Å²) >= 11 is 5.91. The lowest BCUT2D eigenvalue weighted by atomic mass is 10.2. The maximum absolute atomic E-state index is 13.0. The number of carbonyl (C=O) groups excluding carboxylic acids is 1. The van der Waals surface area contributed by atoms with Crippen molar-refractivity contribution in [1.82, 2.24) is 10.6 Å². The van der Waals surface area contributed by atoms with Gasteiger partial charge in [0.05, 0.1) is 6.54 Å². The van der Waals surface area contributed by atoms with E-state index in [2.05, 4.69) is 10.6 Å². The second-order valence-corrected chi connectivity index (χ2v) is 4.94. The fourth-order valence-corrected chi connectivity index (χ4v) is 1.55. The van der Waals surface area contributed by atoms with Gasteiger partial charge >= 0.3 is 0 Å². The van der Waals surface area contributed by atoms with E-state index in [-0.39, 0.29) is 18.3 Å². The minimum absolute atomic E-state index is 0.0729. The number of hydrogen-bond acceptors (Lipinski definition) is 2. The van der Waals surface area contributed by atoms with E-state index in [4.69, 9.17) is 11.6 Å². The van der Waals surface area contributed by atoms with Crippen molar-refractivity contribution in [2.45, 2.75) is 20.4 Å². The first-order chi connectivity index (χ1) is 8.49. The summed E-state index contributed by atoms with van der Waals surface area (Å²) in [6.07, 6.45) is 0. The number of nitrogens with one attached hydrogen (secondary N) is 2. The standard InChI is InChI=1S/C13H18ClFN2O/c1-9(2)6-17-13(18)8-16-7-10-5-11(15)3-4-12(10)14/h3-5,9,16H,6-8H2,1-2H3,(H,17,18). The van der Waals surface area contributed by atoms with Crippen LogP contribution in [0.15, 0.2) is 18.2 Å². The summed E-state index contributed by atoms with van der Waals surface area (Å²) in [5.74, 6) is 0.0169. The average Bonchev–Trinajstić information content (AvgIpc) is 2.31. The second-order valence-electron chi connectivity index (χ2n) is 4.54. The topological polar surface area (TPSA) is 41.1 Å². The smallest absolute Gasteiger partial charge is 0.233 e. The van der Waals surface area contributed by atoms with Crippen molar-refractivity contribution in [3.05, 3.63) is 34.6 Å². The normalized spacial score (nSPS) is 10.7. The van der Waals surface area contributed by atoms with E-state index < -0.39 is 0 Å². The van der Waals surface area contributed by atoms with Gasteiger partial charge in [-0.1, -0.05) is 25.4 Å². The molecule has 18 heavy (non-hydrogen) atoms. The van der Waals surface area contributed by atoms with Crippen LogP contribution in [-0.2, 0) is 11.3 Å². The SMILES string of the molecule is CC(C)CNC(=O)CNCc1cc(F)ccc1Cl. The maximum Gasteiger partial charge on any atom is 0.233 e. The lowest BCUT2D eigenvalue weighted by Crippen LogP contribution is -2.35. The van der Waals surface area contributed by atoms with Gasteiger partial charge < -0.3 is 10.6 Å². The Morgan fingerprint density at radius 2 is 2.17 bits per heavy atom. The Hall–Kier alpha value is -1.13. The van der Waals surface area contributed by atoms with Crippen LogP contribution in [0.5, 0.6) is 0 Å². The molecule has 0 saturated heterocycles. The molecule has 0 heterocycles. The minimum atomic E-state index is -0.333. The summed E-state index contributed by atoms with van der Waals surface area (Å²) in [7, 11) is 0. The van der Waals surface area contributed by atoms with Crippen molar-refractivity contribution in [3.63, 3.8) is 0 Å². The molecule has 3 nitrogen and oxygen atoms in total. The molecule has 1 aromatic carbocycles. The van der Waals surface area contributed by atoms with Crippen LogP contribution in [0, 0.1) is 11.7 Å². The third kappa shape index (κ3) is 5.47. The zero-order valence-corrected chi connectivity index (χ0v) is 11.4. The Kier molecular flexibility index (Phi) is 6.09. The Morgan fingerprint density at radius 3 is 2.83 bits per heavy atom. The molecule has 2 N–H and O–H groups in total. The predicted octanol–water partition coefficient (Wildman–Crippen LogP) is 2.34. The minimum Gasteiger partial charge on any atom is -0.355 e. The highest BCUT2D eigenvalue weighted by Gasteiger charge is 2.04. The van der Waals surface area contributed by atoms with Gasteiger partial charge in [-0.05, 0) is 29.7 Å². The highest BCUT2D eigenvalue weighted by Crippen LogP contribution is 2.16. The summed E-state index contributed by atoms with van der Waals surface area (Å²) in [6.45, 7) is 5.27. The number of halogens is 2. The van der Waals surface area contributed by atoms with Crippen LogP contribution in [0.3, 0.4) is 0 Å². The van der Waals surface area contributed by atoms with Crippen LogP contribution in [0.4, 0.5) is 4.39 Å². The number of hydrogen-bond donors (Lipinski definition) is 2. The first-order valence-corrected chi connectivity index (χ1v) is 6.28. The molecule has 0 fully saturated rings. The van der Waals surface area contributed by atoms with E-state index in [1.165, 1.54) is 18.2 Å². The maximum atomic E-state index is 13.0. The molecular formula is C13H18ClFN2O. The molecule has 0 aliphatic heterocycles. The van der Waals surface area contributed by atoms with Gasteiger partial charge in [0.1, 0.15) is 5.82 Å². The molecule has 0 bridgehead atoms. The van der Waals surface area contributed by atoms with Crippen LogP contribution >= 0.6 is 11.6 Å². The first kappa shape index (κ1) is 14.9. The number of amides is 1. The monoisotopic (exact) mass is 272 g/mol. The van der Waals surface area contributed by atoms with Gasteiger partial charge in [0, 0.05) is 18.1 Å². The van der Waals surface area contributed by atoms with Crippen LogP contribution in [0.25, 0.3) is 0 Å². The first-order valence-electron chi connectivity index (χ1n) is 5.90. The van der Waals surface area contributed by atoms with E-state index in [1.54, 1.807) is 0 Å². The lowest BCUT2D eigenvalue weighted by Gasteiger charge is -2.09. The van der Waals surface area contributed by atoms with Gasteiger partial charge in [0.15, 0.2) is 0 Å². The molecule has 0 unspecified atom stereocenters. The second kappa shape index (κ2) is 7.34. The fourth-order valence-electron chi connectivity index (χ4n) is 1.37. The van der Waals surface area contributed by atoms with Crippen molar-refractivity contribution in [2.24, 2.45) is 5.92 Å². The molecule has 1 amide bonds. The third-order valence-electron chi connectivity index (χ3n) is 2.32. The van der Waals surface area contributed by atoms with E-state index >= 15 is 0 Å². The van der Waals surface area contributed by atoms with Crippen molar-refractivity contribution in [1.29, 1.82) is 0 Å². The van der Waals surface area contributed by atoms with Crippen molar-refractivity contribution < 1.29 is 9.18 Å². The van der Waals surface area contributed by atoms with E-state index in [0.29, 0.717) is 29.6 Å². The Morgan fingerprint density at radius 1 is 1.44 bits per heavy atom. The quantitative estimate of drug-likeness (QED) is 0.835. The van der Waals surface area contributed by atoms with Crippen molar-refractivity contribution in [3.8, 4) is 0 Å². The molecule has 0 aromatic heterocycles. The molecule has 0 atom stereocenters. The Labute approximate surface area is 112 Å². The summed E-state index contributed by atoms with van der Waals surface area (Å²) in [5.41, 5.74) is 0.647. The zero-order valence-electron chi connectivity index (χ0n) is 10.6. The third-order valence-corrected chi connectivity index (χ3v) is 2.68. The fraction of sp³-hybridized carbons (Fsp3) is 0.462. The van der Waals surface area contributed by atoms with E-state index in [1.807, 2.05) is 13.8 Å². The molecule has 0 aliphatic carbocycles. The molecule has 0 saturated carbocycles. The predicted molar refractivity (Wildman–Crippen MR) is 71.0 cm³/mol. The van der Waals surface area contributed by atoms with Crippen LogP contribution in [0.2, 0.25) is 5.02 Å². The summed E-state index contributed by atoms with van der Waals surface area (Å²) in [5, 5.41) is 6.21. The number of benzene rings is 1. The summed E-state index contributed by atoms with van der Waals surface area (Å²) in [4.78, 5) is 11.4. The van der Waals surface area contributed by atoms with Gasteiger partial charge in [-0.2, -0.15) is 0 Å². The average molecular weight is 273 g/mol. The molecule has 1 aromatic rings. The van der Waals surface area contributed by atoms with Gasteiger partial charge in [0.2, 0.25) is 5.91 Å². The van der Waals surface area contributed by atoms with Gasteiger partial charge in [0.25, 0.3) is 0 Å². The highest BCUT2D eigenvalue weighted by atomic mass is 35.5. The van der Waals surface area contributed by atoms with Crippen molar-refractivity contribution >= 4 is 17.5 Å².